The van der Waals surface area contributed by atoms with Crippen molar-refractivity contribution in [3.8, 4) is 11.6 Å². The molecule has 14 heavy (non-hydrogen) atoms. The monoisotopic (exact) mass is 210 g/mol. The highest BCUT2D eigenvalue weighted by atomic mass is 35.5. The van der Waals surface area contributed by atoms with Crippen molar-refractivity contribution in [2.24, 2.45) is 0 Å². The summed E-state index contributed by atoms with van der Waals surface area (Å²) in [6, 6.07) is 1.81. The predicted molar refractivity (Wildman–Crippen MR) is 51.7 cm³/mol. The van der Waals surface area contributed by atoms with Crippen molar-refractivity contribution < 1.29 is 4.42 Å². The van der Waals surface area contributed by atoms with Crippen LogP contribution in [0.2, 0.25) is 5.28 Å². The molecule has 72 valence electrons. The lowest BCUT2D eigenvalue weighted by atomic mass is 10.3. The van der Waals surface area contributed by atoms with Gasteiger partial charge in [-0.05, 0) is 30.2 Å². The van der Waals surface area contributed by atoms with Crippen LogP contribution in [0.3, 0.4) is 0 Å². The van der Waals surface area contributed by atoms with Crippen LogP contribution in [0.15, 0.2) is 16.7 Å². The zero-order valence-electron chi connectivity index (χ0n) is 7.36. The lowest BCUT2D eigenvalue weighted by Crippen LogP contribution is -1.99. The van der Waals surface area contributed by atoms with Crippen molar-refractivity contribution >= 4 is 17.5 Å². The maximum absolute atomic E-state index is 5.64. The van der Waals surface area contributed by atoms with E-state index in [2.05, 4.69) is 15.0 Å². The van der Waals surface area contributed by atoms with Crippen molar-refractivity contribution in [3.05, 3.63) is 23.2 Å². The number of nitrogens with two attached hydrogens (primary N) is 1. The van der Waals surface area contributed by atoms with Crippen LogP contribution < -0.4 is 5.73 Å². The molecule has 0 aliphatic carbocycles. The summed E-state index contributed by atoms with van der Waals surface area (Å²) in [6.45, 7) is 1.88. The summed E-state index contributed by atoms with van der Waals surface area (Å²) in [4.78, 5) is 11.5. The Balaban J connectivity index is 2.57. The second-order valence-electron chi connectivity index (χ2n) is 2.72. The summed E-state index contributed by atoms with van der Waals surface area (Å²) >= 11 is 5.64. The van der Waals surface area contributed by atoms with Crippen LogP contribution in [0.1, 0.15) is 5.56 Å². The van der Waals surface area contributed by atoms with Crippen LogP contribution in [0, 0.1) is 6.92 Å². The average molecular weight is 211 g/mol. The van der Waals surface area contributed by atoms with Crippen molar-refractivity contribution in [2.75, 3.05) is 5.73 Å². The van der Waals surface area contributed by atoms with Crippen LogP contribution in [-0.2, 0) is 0 Å². The first kappa shape index (κ1) is 8.96. The lowest BCUT2D eigenvalue weighted by molar-refractivity contribution is 0.575. The SMILES string of the molecule is Cc1ccoc1-c1nc(N)nc(Cl)n1. The molecule has 2 N–H and O–H groups in total. The molecule has 6 heteroatoms. The fraction of sp³-hybridized carbons (Fsp3) is 0.125. The van der Waals surface area contributed by atoms with Gasteiger partial charge in [0.15, 0.2) is 5.76 Å². The van der Waals surface area contributed by atoms with Gasteiger partial charge in [0.05, 0.1) is 6.26 Å². The minimum Gasteiger partial charge on any atom is -0.461 e. The van der Waals surface area contributed by atoms with Gasteiger partial charge in [0.2, 0.25) is 17.1 Å². The molecular weight excluding hydrogens is 204 g/mol. The molecular formula is C8H7ClN4O. The smallest absolute Gasteiger partial charge is 0.227 e. The predicted octanol–water partition coefficient (Wildman–Crippen LogP) is 1.68. The molecule has 0 atom stereocenters. The Hall–Kier alpha value is -1.62. The Morgan fingerprint density at radius 2 is 2.14 bits per heavy atom. The van der Waals surface area contributed by atoms with Gasteiger partial charge in [-0.15, -0.1) is 0 Å². The number of rotatable bonds is 1. The van der Waals surface area contributed by atoms with E-state index in [1.165, 1.54) is 0 Å². The molecule has 5 nitrogen and oxygen atoms in total. The normalized spacial score (nSPS) is 10.4. The summed E-state index contributed by atoms with van der Waals surface area (Å²) < 4.78 is 5.19. The highest BCUT2D eigenvalue weighted by Gasteiger charge is 2.10. The van der Waals surface area contributed by atoms with E-state index in [1.54, 1.807) is 6.26 Å². The summed E-state index contributed by atoms with van der Waals surface area (Å²) in [5, 5.41) is 0.0586. The van der Waals surface area contributed by atoms with Crippen LogP contribution in [0.5, 0.6) is 0 Å². The third-order valence-corrected chi connectivity index (χ3v) is 1.86. The Labute approximate surface area is 84.9 Å². The number of anilines is 1. The fourth-order valence-corrected chi connectivity index (χ4v) is 1.24. The van der Waals surface area contributed by atoms with Gasteiger partial charge in [-0.25, -0.2) is 0 Å². The Morgan fingerprint density at radius 3 is 2.71 bits per heavy atom. The summed E-state index contributed by atoms with van der Waals surface area (Å²) in [6.07, 6.45) is 1.55. The lowest BCUT2D eigenvalue weighted by Gasteiger charge is -1.98. The van der Waals surface area contributed by atoms with Gasteiger partial charge >= 0.3 is 0 Å². The van der Waals surface area contributed by atoms with Crippen LogP contribution in [-0.4, -0.2) is 15.0 Å². The maximum atomic E-state index is 5.64. The van der Waals surface area contributed by atoms with E-state index in [0.29, 0.717) is 11.6 Å². The second kappa shape index (κ2) is 3.26. The van der Waals surface area contributed by atoms with Gasteiger partial charge in [-0.3, -0.25) is 0 Å². The van der Waals surface area contributed by atoms with Crippen LogP contribution in [0.4, 0.5) is 5.95 Å². The average Bonchev–Trinajstić information content (AvgIpc) is 2.49. The van der Waals surface area contributed by atoms with Crippen LogP contribution in [0.25, 0.3) is 11.6 Å². The molecule has 0 aliphatic heterocycles. The van der Waals surface area contributed by atoms with E-state index >= 15 is 0 Å². The van der Waals surface area contributed by atoms with Crippen molar-refractivity contribution in [1.29, 1.82) is 0 Å². The van der Waals surface area contributed by atoms with Gasteiger partial charge in [-0.1, -0.05) is 0 Å². The second-order valence-corrected chi connectivity index (χ2v) is 3.06. The molecule has 0 saturated carbocycles. The highest BCUT2D eigenvalue weighted by molar-refractivity contribution is 6.28. The Kier molecular flexibility index (Phi) is 2.09. The zero-order chi connectivity index (χ0) is 10.1. The minimum atomic E-state index is 0.0586. The van der Waals surface area contributed by atoms with Crippen molar-refractivity contribution in [1.82, 2.24) is 15.0 Å². The number of hydrogen-bond acceptors (Lipinski definition) is 5. The largest absolute Gasteiger partial charge is 0.461 e. The molecule has 0 aliphatic rings. The molecule has 2 aromatic rings. The number of aryl methyl sites for hydroxylation is 1. The Morgan fingerprint density at radius 1 is 1.36 bits per heavy atom. The van der Waals surface area contributed by atoms with Gasteiger partial charge < -0.3 is 10.2 Å². The molecule has 2 heterocycles. The van der Waals surface area contributed by atoms with E-state index in [0.717, 1.165) is 5.56 Å². The summed E-state index contributed by atoms with van der Waals surface area (Å²) in [5.74, 6) is 0.988. The van der Waals surface area contributed by atoms with Crippen molar-refractivity contribution in [2.45, 2.75) is 6.92 Å². The molecule has 0 amide bonds. The number of aromatic nitrogens is 3. The molecule has 0 bridgehead atoms. The summed E-state index contributed by atoms with van der Waals surface area (Å²) in [5.41, 5.74) is 6.35. The minimum absolute atomic E-state index is 0.0586. The van der Waals surface area contributed by atoms with Gasteiger partial charge in [-0.2, -0.15) is 15.0 Å². The molecule has 0 spiro atoms. The maximum Gasteiger partial charge on any atom is 0.227 e. The molecule has 2 rings (SSSR count). The quantitative estimate of drug-likeness (QED) is 0.775. The van der Waals surface area contributed by atoms with Crippen molar-refractivity contribution in [3.63, 3.8) is 0 Å². The number of nitrogens with zero attached hydrogens (tertiary/aromatic N) is 3. The molecule has 0 saturated heterocycles. The fourth-order valence-electron chi connectivity index (χ4n) is 1.07. The standard InChI is InChI=1S/C8H7ClN4O/c1-4-2-3-14-5(4)6-11-7(9)13-8(10)12-6/h2-3H,1H3,(H2,10,11,12,13). The van der Waals surface area contributed by atoms with Gasteiger partial charge in [0, 0.05) is 0 Å². The van der Waals surface area contributed by atoms with Gasteiger partial charge in [0.1, 0.15) is 0 Å². The molecule has 2 aromatic heterocycles. The topological polar surface area (TPSA) is 77.8 Å². The number of furan rings is 1. The number of hydrogen-bond donors (Lipinski definition) is 1. The first-order valence-corrected chi connectivity index (χ1v) is 4.26. The first-order valence-electron chi connectivity index (χ1n) is 3.88. The van der Waals surface area contributed by atoms with Gasteiger partial charge in [0.25, 0.3) is 0 Å². The van der Waals surface area contributed by atoms with E-state index in [1.807, 2.05) is 13.0 Å². The van der Waals surface area contributed by atoms with E-state index in [-0.39, 0.29) is 11.2 Å². The third-order valence-electron chi connectivity index (χ3n) is 1.69. The Bertz CT molecular complexity index is 448. The first-order chi connectivity index (χ1) is 6.66. The molecule has 0 unspecified atom stereocenters. The molecule has 0 radical (unpaired) electrons. The molecule has 0 fully saturated rings. The highest BCUT2D eigenvalue weighted by Crippen LogP contribution is 2.21. The number of halogens is 1. The van der Waals surface area contributed by atoms with E-state index in [4.69, 9.17) is 21.8 Å². The van der Waals surface area contributed by atoms with Crippen LogP contribution >= 0.6 is 11.6 Å². The number of nitrogen functional groups attached to an aromatic ring is 1. The van der Waals surface area contributed by atoms with E-state index in [9.17, 15) is 0 Å². The third kappa shape index (κ3) is 1.54. The summed E-state index contributed by atoms with van der Waals surface area (Å²) in [7, 11) is 0. The zero-order valence-corrected chi connectivity index (χ0v) is 8.12. The van der Waals surface area contributed by atoms with E-state index < -0.39 is 0 Å². The molecule has 0 aromatic carbocycles.